The van der Waals surface area contributed by atoms with E-state index in [2.05, 4.69) is 5.10 Å². The van der Waals surface area contributed by atoms with Crippen molar-refractivity contribution in [2.45, 2.75) is 34.2 Å². The van der Waals surface area contributed by atoms with Gasteiger partial charge in [0.1, 0.15) is 5.69 Å². The van der Waals surface area contributed by atoms with Crippen molar-refractivity contribution in [2.75, 3.05) is 17.2 Å². The summed E-state index contributed by atoms with van der Waals surface area (Å²) in [5.74, 6) is -0.110. The molecule has 1 aromatic carbocycles. The minimum Gasteiger partial charge on any atom is -0.395 e. The summed E-state index contributed by atoms with van der Waals surface area (Å²) in [5.41, 5.74) is 9.71. The average molecular weight is 286 g/mol. The molecular formula is C16H22N4O. The lowest BCUT2D eigenvalue weighted by molar-refractivity contribution is 0.0979. The van der Waals surface area contributed by atoms with E-state index in [1.807, 2.05) is 52.0 Å². The summed E-state index contributed by atoms with van der Waals surface area (Å²) in [4.78, 5) is 14.6. The molecule has 2 aromatic rings. The number of anilines is 2. The van der Waals surface area contributed by atoms with Gasteiger partial charge in [0.25, 0.3) is 5.91 Å². The molecule has 0 radical (unpaired) electrons. The number of hydrogen-bond acceptors (Lipinski definition) is 3. The molecule has 2 N–H and O–H groups in total. The Hall–Kier alpha value is -2.30. The third kappa shape index (κ3) is 2.77. The zero-order valence-corrected chi connectivity index (χ0v) is 13.1. The van der Waals surface area contributed by atoms with Gasteiger partial charge in [-0.05, 0) is 39.8 Å². The first-order valence-electron chi connectivity index (χ1n) is 7.21. The summed E-state index contributed by atoms with van der Waals surface area (Å²) in [5, 5.41) is 4.32. The number of nitrogens with two attached hydrogens (primary N) is 1. The minimum atomic E-state index is -0.110. The fourth-order valence-electron chi connectivity index (χ4n) is 2.35. The molecule has 5 heteroatoms. The molecule has 0 saturated heterocycles. The topological polar surface area (TPSA) is 64.2 Å². The standard InChI is InChI=1S/C16H22N4O/c1-5-19(13-9-7-11(3)8-10-13)16(21)15-14(17)12(4)18-20(15)6-2/h7-10H,5-6,17H2,1-4H3. The first kappa shape index (κ1) is 15.1. The maximum Gasteiger partial charge on any atom is 0.278 e. The molecule has 0 aliphatic rings. The summed E-state index contributed by atoms with van der Waals surface area (Å²) >= 11 is 0. The van der Waals surface area contributed by atoms with Crippen LogP contribution in [0, 0.1) is 13.8 Å². The van der Waals surface area contributed by atoms with Gasteiger partial charge in [-0.2, -0.15) is 5.10 Å². The molecule has 21 heavy (non-hydrogen) atoms. The van der Waals surface area contributed by atoms with Crippen LogP contribution < -0.4 is 10.6 Å². The van der Waals surface area contributed by atoms with E-state index in [0.29, 0.717) is 30.2 Å². The second kappa shape index (κ2) is 5.99. The van der Waals surface area contributed by atoms with Crippen molar-refractivity contribution >= 4 is 17.3 Å². The van der Waals surface area contributed by atoms with Crippen LogP contribution in [0.15, 0.2) is 24.3 Å². The number of nitrogens with zero attached hydrogens (tertiary/aromatic N) is 3. The number of carbonyl (C=O) groups is 1. The fraction of sp³-hybridized carbons (Fsp3) is 0.375. The Morgan fingerprint density at radius 2 is 1.86 bits per heavy atom. The Morgan fingerprint density at radius 1 is 1.24 bits per heavy atom. The number of aryl methyl sites for hydroxylation is 3. The van der Waals surface area contributed by atoms with Gasteiger partial charge in [0.05, 0.1) is 11.4 Å². The molecule has 0 aliphatic carbocycles. The van der Waals surface area contributed by atoms with Crippen LogP contribution in [0.1, 0.15) is 35.6 Å². The van der Waals surface area contributed by atoms with Crippen molar-refractivity contribution in [1.82, 2.24) is 9.78 Å². The van der Waals surface area contributed by atoms with Crippen LogP contribution in [0.2, 0.25) is 0 Å². The summed E-state index contributed by atoms with van der Waals surface area (Å²) < 4.78 is 1.67. The SMILES string of the molecule is CCN(C(=O)c1c(N)c(C)nn1CC)c1ccc(C)cc1. The lowest BCUT2D eigenvalue weighted by Crippen LogP contribution is -2.33. The Morgan fingerprint density at radius 3 is 2.38 bits per heavy atom. The lowest BCUT2D eigenvalue weighted by Gasteiger charge is -2.22. The monoisotopic (exact) mass is 286 g/mol. The Bertz CT molecular complexity index is 643. The van der Waals surface area contributed by atoms with Gasteiger partial charge in [-0.3, -0.25) is 9.48 Å². The number of carbonyl (C=O) groups excluding carboxylic acids is 1. The number of rotatable bonds is 4. The molecule has 1 heterocycles. The molecule has 0 saturated carbocycles. The van der Waals surface area contributed by atoms with E-state index in [4.69, 9.17) is 5.73 Å². The van der Waals surface area contributed by atoms with E-state index in [-0.39, 0.29) is 5.91 Å². The van der Waals surface area contributed by atoms with Crippen LogP contribution in [0.3, 0.4) is 0 Å². The normalized spacial score (nSPS) is 10.7. The highest BCUT2D eigenvalue weighted by molar-refractivity contribution is 6.08. The van der Waals surface area contributed by atoms with Gasteiger partial charge < -0.3 is 10.6 Å². The molecule has 5 nitrogen and oxygen atoms in total. The second-order valence-electron chi connectivity index (χ2n) is 5.05. The fourth-order valence-corrected chi connectivity index (χ4v) is 2.35. The molecule has 0 bridgehead atoms. The third-order valence-electron chi connectivity index (χ3n) is 3.58. The minimum absolute atomic E-state index is 0.110. The van der Waals surface area contributed by atoms with Gasteiger partial charge in [0.2, 0.25) is 0 Å². The Labute approximate surface area is 125 Å². The van der Waals surface area contributed by atoms with Gasteiger partial charge in [0, 0.05) is 18.8 Å². The summed E-state index contributed by atoms with van der Waals surface area (Å²) in [7, 11) is 0. The van der Waals surface area contributed by atoms with E-state index in [9.17, 15) is 4.79 Å². The van der Waals surface area contributed by atoms with Crippen LogP contribution in [0.5, 0.6) is 0 Å². The molecule has 2 rings (SSSR count). The van der Waals surface area contributed by atoms with Crippen molar-refractivity contribution in [1.29, 1.82) is 0 Å². The molecule has 0 unspecified atom stereocenters. The maximum absolute atomic E-state index is 12.9. The quantitative estimate of drug-likeness (QED) is 0.940. The summed E-state index contributed by atoms with van der Waals surface area (Å²) in [6.45, 7) is 8.94. The van der Waals surface area contributed by atoms with E-state index < -0.39 is 0 Å². The van der Waals surface area contributed by atoms with Crippen LogP contribution >= 0.6 is 0 Å². The van der Waals surface area contributed by atoms with Gasteiger partial charge in [-0.1, -0.05) is 17.7 Å². The van der Waals surface area contributed by atoms with Crippen LogP contribution in [0.25, 0.3) is 0 Å². The smallest absolute Gasteiger partial charge is 0.278 e. The summed E-state index contributed by atoms with van der Waals surface area (Å²) in [6, 6.07) is 7.90. The van der Waals surface area contributed by atoms with Gasteiger partial charge in [0.15, 0.2) is 0 Å². The molecule has 0 fully saturated rings. The van der Waals surface area contributed by atoms with Gasteiger partial charge >= 0.3 is 0 Å². The second-order valence-corrected chi connectivity index (χ2v) is 5.05. The number of amides is 1. The van der Waals surface area contributed by atoms with Gasteiger partial charge in [-0.15, -0.1) is 0 Å². The largest absolute Gasteiger partial charge is 0.395 e. The van der Waals surface area contributed by atoms with Crippen molar-refractivity contribution in [3.63, 3.8) is 0 Å². The number of aromatic nitrogens is 2. The average Bonchev–Trinajstić information content (AvgIpc) is 2.77. The van der Waals surface area contributed by atoms with Crippen molar-refractivity contribution in [3.05, 3.63) is 41.2 Å². The molecule has 0 spiro atoms. The van der Waals surface area contributed by atoms with Gasteiger partial charge in [-0.25, -0.2) is 0 Å². The van der Waals surface area contributed by atoms with Crippen molar-refractivity contribution < 1.29 is 4.79 Å². The van der Waals surface area contributed by atoms with Crippen LogP contribution in [-0.4, -0.2) is 22.2 Å². The highest BCUT2D eigenvalue weighted by Crippen LogP contribution is 2.22. The van der Waals surface area contributed by atoms with Crippen molar-refractivity contribution in [2.24, 2.45) is 0 Å². The molecule has 0 aliphatic heterocycles. The first-order chi connectivity index (χ1) is 9.99. The van der Waals surface area contributed by atoms with E-state index in [1.54, 1.807) is 9.58 Å². The Kier molecular flexibility index (Phi) is 4.31. The van der Waals surface area contributed by atoms with Crippen LogP contribution in [0.4, 0.5) is 11.4 Å². The lowest BCUT2D eigenvalue weighted by atomic mass is 10.2. The van der Waals surface area contributed by atoms with E-state index >= 15 is 0 Å². The number of nitrogen functional groups attached to an aromatic ring is 1. The van der Waals surface area contributed by atoms with E-state index in [0.717, 1.165) is 11.3 Å². The van der Waals surface area contributed by atoms with E-state index in [1.165, 1.54) is 0 Å². The maximum atomic E-state index is 12.9. The predicted octanol–water partition coefficient (Wildman–Crippen LogP) is 2.77. The number of hydrogen-bond donors (Lipinski definition) is 1. The predicted molar refractivity (Wildman–Crippen MR) is 85.6 cm³/mol. The highest BCUT2D eigenvalue weighted by Gasteiger charge is 2.24. The highest BCUT2D eigenvalue weighted by atomic mass is 16.2. The number of benzene rings is 1. The molecular weight excluding hydrogens is 264 g/mol. The molecule has 0 atom stereocenters. The third-order valence-corrected chi connectivity index (χ3v) is 3.58. The first-order valence-corrected chi connectivity index (χ1v) is 7.21. The Balaban J connectivity index is 2.43. The molecule has 1 amide bonds. The van der Waals surface area contributed by atoms with Crippen molar-refractivity contribution in [3.8, 4) is 0 Å². The molecule has 1 aromatic heterocycles. The zero-order valence-electron chi connectivity index (χ0n) is 13.1. The zero-order chi connectivity index (χ0) is 15.6. The summed E-state index contributed by atoms with van der Waals surface area (Å²) in [6.07, 6.45) is 0. The molecule has 112 valence electrons. The van der Waals surface area contributed by atoms with Crippen LogP contribution in [-0.2, 0) is 6.54 Å².